The standard InChI is InChI=1S/C15H20N2O3S/c1-18-10-5-4-9(6-10)17-12-8-14(20-3)13(19-2)7-11(12)16-15(17)21/h7-10H,4-6H2,1-3H3,(H,16,21). The number of aromatic amines is 1. The summed E-state index contributed by atoms with van der Waals surface area (Å²) >= 11 is 5.51. The van der Waals surface area contributed by atoms with Crippen molar-refractivity contribution in [1.82, 2.24) is 9.55 Å². The molecule has 21 heavy (non-hydrogen) atoms. The summed E-state index contributed by atoms with van der Waals surface area (Å²) in [5, 5.41) is 0. The van der Waals surface area contributed by atoms with Gasteiger partial charge in [-0.1, -0.05) is 0 Å². The summed E-state index contributed by atoms with van der Waals surface area (Å²) in [6, 6.07) is 4.29. The van der Waals surface area contributed by atoms with Crippen molar-refractivity contribution >= 4 is 23.3 Å². The van der Waals surface area contributed by atoms with Gasteiger partial charge < -0.3 is 23.8 Å². The Kier molecular flexibility index (Phi) is 3.91. The number of benzene rings is 1. The van der Waals surface area contributed by atoms with E-state index in [1.54, 1.807) is 21.3 Å². The first-order valence-electron chi connectivity index (χ1n) is 7.07. The molecule has 0 bridgehead atoms. The fraction of sp³-hybridized carbons (Fsp3) is 0.533. The van der Waals surface area contributed by atoms with E-state index in [0.717, 1.165) is 35.1 Å². The second-order valence-electron chi connectivity index (χ2n) is 5.35. The van der Waals surface area contributed by atoms with Gasteiger partial charge >= 0.3 is 0 Å². The fourth-order valence-corrected chi connectivity index (χ4v) is 3.54. The number of hydrogen-bond donors (Lipinski definition) is 1. The lowest BCUT2D eigenvalue weighted by molar-refractivity contribution is 0.106. The lowest BCUT2D eigenvalue weighted by Crippen LogP contribution is -2.09. The van der Waals surface area contributed by atoms with Crippen molar-refractivity contribution in [2.45, 2.75) is 31.4 Å². The molecule has 2 unspecified atom stereocenters. The number of imidazole rings is 1. The molecular weight excluding hydrogens is 288 g/mol. The smallest absolute Gasteiger partial charge is 0.178 e. The van der Waals surface area contributed by atoms with Crippen molar-refractivity contribution in [2.75, 3.05) is 21.3 Å². The minimum Gasteiger partial charge on any atom is -0.493 e. The molecule has 0 amide bonds. The van der Waals surface area contributed by atoms with Crippen molar-refractivity contribution in [3.63, 3.8) is 0 Å². The summed E-state index contributed by atoms with van der Waals surface area (Å²) in [6.07, 6.45) is 3.46. The van der Waals surface area contributed by atoms with Gasteiger partial charge in [-0.05, 0) is 31.5 Å². The molecule has 114 valence electrons. The molecule has 2 aromatic rings. The van der Waals surface area contributed by atoms with Crippen LogP contribution < -0.4 is 9.47 Å². The van der Waals surface area contributed by atoms with Crippen LogP contribution in [0.15, 0.2) is 12.1 Å². The second-order valence-corrected chi connectivity index (χ2v) is 5.74. The third-order valence-electron chi connectivity index (χ3n) is 4.28. The number of ether oxygens (including phenoxy) is 3. The number of rotatable bonds is 4. The van der Waals surface area contributed by atoms with Crippen LogP contribution in [0.4, 0.5) is 0 Å². The summed E-state index contributed by atoms with van der Waals surface area (Å²) in [4.78, 5) is 3.26. The minimum atomic E-state index is 0.321. The number of methoxy groups -OCH3 is 3. The topological polar surface area (TPSA) is 48.4 Å². The number of hydrogen-bond acceptors (Lipinski definition) is 4. The number of nitrogens with zero attached hydrogens (tertiary/aromatic N) is 1. The average molecular weight is 308 g/mol. The average Bonchev–Trinajstić information content (AvgIpc) is 3.08. The first-order valence-corrected chi connectivity index (χ1v) is 7.47. The van der Waals surface area contributed by atoms with Crippen molar-refractivity contribution in [3.8, 4) is 11.5 Å². The molecule has 1 saturated carbocycles. The van der Waals surface area contributed by atoms with Gasteiger partial charge in [0.1, 0.15) is 0 Å². The van der Waals surface area contributed by atoms with Gasteiger partial charge in [0.15, 0.2) is 16.3 Å². The van der Waals surface area contributed by atoms with Crippen LogP contribution in [-0.2, 0) is 4.74 Å². The highest BCUT2D eigenvalue weighted by Crippen LogP contribution is 2.37. The molecule has 0 spiro atoms. The van der Waals surface area contributed by atoms with Crippen LogP contribution in [0.3, 0.4) is 0 Å². The summed E-state index contributed by atoms with van der Waals surface area (Å²) in [5.41, 5.74) is 2.03. The number of H-pyrrole nitrogens is 1. The maximum atomic E-state index is 5.51. The van der Waals surface area contributed by atoms with E-state index in [0.29, 0.717) is 23.6 Å². The van der Waals surface area contributed by atoms with E-state index in [1.165, 1.54) is 0 Å². The van der Waals surface area contributed by atoms with Crippen molar-refractivity contribution < 1.29 is 14.2 Å². The van der Waals surface area contributed by atoms with E-state index in [4.69, 9.17) is 26.4 Å². The molecule has 1 aromatic heterocycles. The Morgan fingerprint density at radius 2 is 1.86 bits per heavy atom. The predicted octanol–water partition coefficient (Wildman–Crippen LogP) is 3.46. The molecule has 1 aliphatic rings. The van der Waals surface area contributed by atoms with Gasteiger partial charge in [0.25, 0.3) is 0 Å². The highest BCUT2D eigenvalue weighted by molar-refractivity contribution is 7.71. The zero-order valence-electron chi connectivity index (χ0n) is 12.5. The van der Waals surface area contributed by atoms with Gasteiger partial charge in [-0.15, -0.1) is 0 Å². The third kappa shape index (κ3) is 2.42. The summed E-state index contributed by atoms with van der Waals surface area (Å²) in [6.45, 7) is 0. The van der Waals surface area contributed by atoms with Gasteiger partial charge in [0, 0.05) is 25.3 Å². The van der Waals surface area contributed by atoms with E-state index in [-0.39, 0.29) is 0 Å². The number of fused-ring (bicyclic) bond motifs is 1. The molecule has 1 aliphatic carbocycles. The van der Waals surface area contributed by atoms with E-state index in [2.05, 4.69) is 9.55 Å². The number of nitrogens with one attached hydrogen (secondary N) is 1. The zero-order chi connectivity index (χ0) is 15.0. The van der Waals surface area contributed by atoms with Gasteiger partial charge in [0.2, 0.25) is 0 Å². The predicted molar refractivity (Wildman–Crippen MR) is 83.9 cm³/mol. The van der Waals surface area contributed by atoms with Crippen LogP contribution in [0.1, 0.15) is 25.3 Å². The molecule has 3 rings (SSSR count). The van der Waals surface area contributed by atoms with Gasteiger partial charge in [-0.3, -0.25) is 0 Å². The van der Waals surface area contributed by atoms with Crippen molar-refractivity contribution in [1.29, 1.82) is 0 Å². The SMILES string of the molecule is COc1cc2[nH]c(=S)n(C3CCC(OC)C3)c2cc1OC. The van der Waals surface area contributed by atoms with Gasteiger partial charge in [-0.2, -0.15) is 0 Å². The molecule has 1 fully saturated rings. The van der Waals surface area contributed by atoms with Crippen LogP contribution in [-0.4, -0.2) is 37.0 Å². The van der Waals surface area contributed by atoms with E-state index in [1.807, 2.05) is 12.1 Å². The molecule has 0 saturated heterocycles. The minimum absolute atomic E-state index is 0.321. The largest absolute Gasteiger partial charge is 0.493 e. The van der Waals surface area contributed by atoms with Crippen LogP contribution in [0, 0.1) is 4.77 Å². The Morgan fingerprint density at radius 3 is 2.48 bits per heavy atom. The Labute approximate surface area is 128 Å². The molecule has 1 N–H and O–H groups in total. The van der Waals surface area contributed by atoms with Crippen LogP contribution >= 0.6 is 12.2 Å². The molecule has 0 radical (unpaired) electrons. The zero-order valence-corrected chi connectivity index (χ0v) is 13.3. The Bertz CT molecular complexity index is 707. The van der Waals surface area contributed by atoms with Crippen LogP contribution in [0.25, 0.3) is 11.0 Å². The quantitative estimate of drug-likeness (QED) is 0.879. The van der Waals surface area contributed by atoms with Gasteiger partial charge in [0.05, 0.1) is 31.4 Å². The van der Waals surface area contributed by atoms with E-state index in [9.17, 15) is 0 Å². The molecule has 5 nitrogen and oxygen atoms in total. The molecule has 2 atom stereocenters. The second kappa shape index (κ2) is 5.69. The first kappa shape index (κ1) is 14.4. The number of aromatic nitrogens is 2. The van der Waals surface area contributed by atoms with Crippen molar-refractivity contribution in [3.05, 3.63) is 16.9 Å². The molecule has 1 heterocycles. The maximum absolute atomic E-state index is 5.51. The maximum Gasteiger partial charge on any atom is 0.178 e. The molecular formula is C15H20N2O3S. The molecule has 1 aromatic carbocycles. The van der Waals surface area contributed by atoms with Crippen LogP contribution in [0.5, 0.6) is 11.5 Å². The molecule has 0 aliphatic heterocycles. The van der Waals surface area contributed by atoms with E-state index >= 15 is 0 Å². The Balaban J connectivity index is 2.10. The highest BCUT2D eigenvalue weighted by atomic mass is 32.1. The first-order chi connectivity index (χ1) is 10.2. The Morgan fingerprint density at radius 1 is 1.14 bits per heavy atom. The summed E-state index contributed by atoms with van der Waals surface area (Å²) < 4.78 is 19.1. The summed E-state index contributed by atoms with van der Waals surface area (Å²) in [7, 11) is 5.05. The van der Waals surface area contributed by atoms with Crippen LogP contribution in [0.2, 0.25) is 0 Å². The lowest BCUT2D eigenvalue weighted by atomic mass is 10.2. The normalized spacial score (nSPS) is 21.9. The monoisotopic (exact) mass is 308 g/mol. The summed E-state index contributed by atoms with van der Waals surface area (Å²) in [5.74, 6) is 1.42. The third-order valence-corrected chi connectivity index (χ3v) is 4.58. The highest BCUT2D eigenvalue weighted by Gasteiger charge is 2.27. The van der Waals surface area contributed by atoms with E-state index < -0.39 is 0 Å². The molecule has 6 heteroatoms. The van der Waals surface area contributed by atoms with Gasteiger partial charge in [-0.25, -0.2) is 0 Å². The fourth-order valence-electron chi connectivity index (χ4n) is 3.18. The Hall–Kier alpha value is -1.53. The van der Waals surface area contributed by atoms with Crippen molar-refractivity contribution in [2.24, 2.45) is 0 Å². The lowest BCUT2D eigenvalue weighted by Gasteiger charge is -2.14.